The zero-order chi connectivity index (χ0) is 20.4. The van der Waals surface area contributed by atoms with E-state index in [1.54, 1.807) is 24.3 Å². The summed E-state index contributed by atoms with van der Waals surface area (Å²) in [6, 6.07) is 17.3. The summed E-state index contributed by atoms with van der Waals surface area (Å²) in [5, 5.41) is 6.59. The van der Waals surface area contributed by atoms with Gasteiger partial charge in [0.2, 0.25) is 10.0 Å². The Morgan fingerprint density at radius 1 is 0.964 bits per heavy atom. The van der Waals surface area contributed by atoms with Gasteiger partial charge in [-0.3, -0.25) is 0 Å². The lowest BCUT2D eigenvalue weighted by Crippen LogP contribution is -2.37. The fourth-order valence-corrected chi connectivity index (χ4v) is 3.54. The second-order valence-corrected chi connectivity index (χ2v) is 8.79. The molecule has 6 nitrogen and oxygen atoms in total. The molecule has 0 spiro atoms. The third-order valence-corrected chi connectivity index (χ3v) is 6.07. The molecule has 0 saturated carbocycles. The van der Waals surface area contributed by atoms with E-state index in [9.17, 15) is 8.42 Å². The van der Waals surface area contributed by atoms with Crippen molar-refractivity contribution in [2.75, 3.05) is 27.2 Å². The van der Waals surface area contributed by atoms with Gasteiger partial charge in [-0.05, 0) is 43.0 Å². The van der Waals surface area contributed by atoms with Crippen LogP contribution in [0.2, 0.25) is 0 Å². The van der Waals surface area contributed by atoms with Crippen molar-refractivity contribution in [1.82, 2.24) is 14.9 Å². The average Bonchev–Trinajstić information content (AvgIpc) is 2.70. The molecule has 0 aliphatic rings. The minimum atomic E-state index is -3.40. The maximum Gasteiger partial charge on any atom is 0.242 e. The number of hydrogen-bond acceptors (Lipinski definition) is 3. The van der Waals surface area contributed by atoms with Gasteiger partial charge in [0.1, 0.15) is 0 Å². The maximum atomic E-state index is 12.1. The number of guanidine groups is 1. The fraction of sp³-hybridized carbons (Fsp3) is 0.381. The van der Waals surface area contributed by atoms with Gasteiger partial charge in [0.25, 0.3) is 0 Å². The van der Waals surface area contributed by atoms with E-state index < -0.39 is 10.0 Å². The van der Waals surface area contributed by atoms with E-state index in [4.69, 9.17) is 0 Å². The lowest BCUT2D eigenvalue weighted by molar-refractivity contribution is 0.520. The number of hydrogen-bond donors (Lipinski definition) is 2. The number of nitrogens with one attached hydrogen (secondary N) is 2. The first kappa shape index (κ1) is 21.9. The quantitative estimate of drug-likeness (QED) is 0.384. The molecule has 2 aromatic rings. The van der Waals surface area contributed by atoms with Crippen LogP contribution in [0, 0.1) is 0 Å². The van der Waals surface area contributed by atoms with Crippen molar-refractivity contribution in [1.29, 1.82) is 0 Å². The highest BCUT2D eigenvalue weighted by Gasteiger charge is 2.16. The summed E-state index contributed by atoms with van der Waals surface area (Å²) in [6.07, 6.45) is 2.04. The highest BCUT2D eigenvalue weighted by molar-refractivity contribution is 7.89. The van der Waals surface area contributed by atoms with Crippen LogP contribution in [0.4, 0.5) is 0 Å². The maximum absolute atomic E-state index is 12.1. The van der Waals surface area contributed by atoms with Crippen molar-refractivity contribution < 1.29 is 8.42 Å². The van der Waals surface area contributed by atoms with Crippen molar-refractivity contribution in [3.63, 3.8) is 0 Å². The molecule has 0 amide bonds. The fourth-order valence-electron chi connectivity index (χ4n) is 2.63. The highest BCUT2D eigenvalue weighted by Crippen LogP contribution is 2.14. The Morgan fingerprint density at radius 3 is 2.25 bits per heavy atom. The molecule has 7 heteroatoms. The van der Waals surface area contributed by atoms with Crippen LogP contribution >= 0.6 is 0 Å². The summed E-state index contributed by atoms with van der Waals surface area (Å²) in [5.41, 5.74) is 2.29. The number of aliphatic imine (C=N–C) groups is 1. The lowest BCUT2D eigenvalue weighted by Gasteiger charge is -2.12. The van der Waals surface area contributed by atoms with E-state index >= 15 is 0 Å². The van der Waals surface area contributed by atoms with Crippen LogP contribution < -0.4 is 10.6 Å². The second-order valence-electron chi connectivity index (χ2n) is 6.64. The van der Waals surface area contributed by atoms with Crippen LogP contribution in [0.25, 0.3) is 0 Å². The van der Waals surface area contributed by atoms with Gasteiger partial charge in [0.15, 0.2) is 5.96 Å². The Bertz CT molecular complexity index is 848. The number of aryl methyl sites for hydroxylation is 1. The molecule has 0 unspecified atom stereocenters. The molecule has 2 aromatic carbocycles. The molecule has 2 N–H and O–H groups in total. The Morgan fingerprint density at radius 2 is 1.64 bits per heavy atom. The molecule has 0 aromatic heterocycles. The van der Waals surface area contributed by atoms with Crippen LogP contribution in [0.15, 0.2) is 64.5 Å². The van der Waals surface area contributed by atoms with Gasteiger partial charge in [-0.15, -0.1) is 0 Å². The zero-order valence-corrected chi connectivity index (χ0v) is 17.7. The molecule has 28 heavy (non-hydrogen) atoms. The molecule has 0 atom stereocenters. The summed E-state index contributed by atoms with van der Waals surface area (Å²) in [6.45, 7) is 4.13. The molecule has 0 aliphatic heterocycles. The van der Waals surface area contributed by atoms with Crippen molar-refractivity contribution in [2.24, 2.45) is 4.99 Å². The molecule has 0 saturated heterocycles. The third-order valence-electron chi connectivity index (χ3n) is 4.24. The van der Waals surface area contributed by atoms with Crippen LogP contribution in [-0.4, -0.2) is 45.9 Å². The van der Waals surface area contributed by atoms with Gasteiger partial charge in [0.05, 0.1) is 11.4 Å². The molecular weight excluding hydrogens is 372 g/mol. The van der Waals surface area contributed by atoms with E-state index in [-0.39, 0.29) is 4.90 Å². The summed E-state index contributed by atoms with van der Waals surface area (Å²) in [5.74, 6) is 0.764. The molecule has 0 fully saturated rings. The van der Waals surface area contributed by atoms with Crippen LogP contribution in [0.1, 0.15) is 24.5 Å². The van der Waals surface area contributed by atoms with E-state index in [1.807, 2.05) is 13.0 Å². The normalized spacial score (nSPS) is 12.2. The van der Waals surface area contributed by atoms with Gasteiger partial charge in [-0.2, -0.15) is 0 Å². The van der Waals surface area contributed by atoms with E-state index in [0.717, 1.165) is 37.5 Å². The van der Waals surface area contributed by atoms with Crippen LogP contribution in [0.5, 0.6) is 0 Å². The largest absolute Gasteiger partial charge is 0.357 e. The molecule has 0 radical (unpaired) electrons. The summed E-state index contributed by atoms with van der Waals surface area (Å²) in [4.78, 5) is 4.88. The Hall–Kier alpha value is -2.38. The van der Waals surface area contributed by atoms with Gasteiger partial charge < -0.3 is 10.6 Å². The molecular formula is C21H30N4O2S. The van der Waals surface area contributed by atoms with Gasteiger partial charge in [-0.1, -0.05) is 42.5 Å². The summed E-state index contributed by atoms with van der Waals surface area (Å²) >= 11 is 0. The number of benzene rings is 2. The van der Waals surface area contributed by atoms with Crippen molar-refractivity contribution in [3.8, 4) is 0 Å². The topological polar surface area (TPSA) is 73.8 Å². The van der Waals surface area contributed by atoms with Crippen molar-refractivity contribution in [2.45, 2.75) is 31.2 Å². The monoisotopic (exact) mass is 402 g/mol. The van der Waals surface area contributed by atoms with Crippen LogP contribution in [0.3, 0.4) is 0 Å². The first-order valence-electron chi connectivity index (χ1n) is 9.51. The Kier molecular flexibility index (Phi) is 8.47. The number of sulfonamides is 1. The molecule has 2 rings (SSSR count). The van der Waals surface area contributed by atoms with Gasteiger partial charge in [-0.25, -0.2) is 17.7 Å². The second kappa shape index (κ2) is 10.8. The predicted octanol–water partition coefficient (Wildman–Crippen LogP) is 2.62. The summed E-state index contributed by atoms with van der Waals surface area (Å²) < 4.78 is 25.5. The molecule has 152 valence electrons. The highest BCUT2D eigenvalue weighted by atomic mass is 32.2. The standard InChI is InChI=1S/C21H30N4O2S/c1-4-22-21(23-16-8-11-18-9-6-5-7-10-18)24-17-19-12-14-20(15-13-19)28(26,27)25(2)3/h5-7,9-10,12-15H,4,8,11,16-17H2,1-3H3,(H2,22,23,24). The average molecular weight is 403 g/mol. The predicted molar refractivity (Wildman–Crippen MR) is 115 cm³/mol. The first-order chi connectivity index (χ1) is 13.4. The van der Waals surface area contributed by atoms with E-state index in [2.05, 4.69) is 39.9 Å². The lowest BCUT2D eigenvalue weighted by atomic mass is 10.1. The van der Waals surface area contributed by atoms with Crippen LogP contribution in [-0.2, 0) is 23.0 Å². The Labute approximate surface area is 168 Å². The third kappa shape index (κ3) is 6.65. The van der Waals surface area contributed by atoms with Crippen molar-refractivity contribution in [3.05, 3.63) is 65.7 Å². The minimum Gasteiger partial charge on any atom is -0.357 e. The van der Waals surface area contributed by atoms with Gasteiger partial charge in [0, 0.05) is 27.2 Å². The SMILES string of the molecule is CCNC(=NCc1ccc(S(=O)(=O)N(C)C)cc1)NCCCc1ccccc1. The van der Waals surface area contributed by atoms with E-state index in [0.29, 0.717) is 6.54 Å². The number of rotatable bonds is 9. The first-order valence-corrected chi connectivity index (χ1v) is 10.9. The van der Waals surface area contributed by atoms with Crippen molar-refractivity contribution >= 4 is 16.0 Å². The smallest absolute Gasteiger partial charge is 0.242 e. The van der Waals surface area contributed by atoms with Gasteiger partial charge >= 0.3 is 0 Å². The molecule has 0 heterocycles. The Balaban J connectivity index is 1.89. The number of nitrogens with zero attached hydrogens (tertiary/aromatic N) is 2. The zero-order valence-electron chi connectivity index (χ0n) is 16.9. The van der Waals surface area contributed by atoms with E-state index in [1.165, 1.54) is 24.0 Å². The molecule has 0 aliphatic carbocycles. The summed E-state index contributed by atoms with van der Waals surface area (Å²) in [7, 11) is -0.344. The minimum absolute atomic E-state index is 0.288. The molecule has 0 bridgehead atoms.